The van der Waals surface area contributed by atoms with Crippen molar-refractivity contribution >= 4 is 29.2 Å². The van der Waals surface area contributed by atoms with E-state index in [4.69, 9.17) is 17.3 Å². The minimum atomic E-state index is -0.727. The van der Waals surface area contributed by atoms with E-state index in [1.54, 1.807) is 24.3 Å². The number of hydrogen-bond acceptors (Lipinski definition) is 2. The molecule has 1 atom stereocenters. The fourth-order valence-corrected chi connectivity index (χ4v) is 1.66. The second-order valence-electron chi connectivity index (χ2n) is 4.23. The number of amides is 3. The number of hydrogen-bond donors (Lipinski definition) is 3. The van der Waals surface area contributed by atoms with Gasteiger partial charge in [-0.1, -0.05) is 31.5 Å². The van der Waals surface area contributed by atoms with E-state index in [2.05, 4.69) is 10.6 Å². The lowest BCUT2D eigenvalue weighted by molar-refractivity contribution is -0.118. The summed E-state index contributed by atoms with van der Waals surface area (Å²) in [6, 6.07) is 5.37. The van der Waals surface area contributed by atoms with Crippen molar-refractivity contribution in [1.82, 2.24) is 5.32 Å². The van der Waals surface area contributed by atoms with E-state index in [1.807, 2.05) is 13.8 Å². The van der Waals surface area contributed by atoms with Gasteiger partial charge in [0.1, 0.15) is 6.04 Å². The third-order valence-corrected chi connectivity index (χ3v) is 2.57. The number of halogens is 1. The Hall–Kier alpha value is -1.75. The molecule has 0 aromatic heterocycles. The second kappa shape index (κ2) is 6.26. The molecule has 5 nitrogen and oxygen atoms in total. The summed E-state index contributed by atoms with van der Waals surface area (Å²) in [5.74, 6) is -0.400. The predicted molar refractivity (Wildman–Crippen MR) is 71.4 cm³/mol. The van der Waals surface area contributed by atoms with Crippen LogP contribution >= 0.6 is 11.6 Å². The zero-order valence-electron chi connectivity index (χ0n) is 10.2. The monoisotopic (exact) mass is 269 g/mol. The highest BCUT2D eigenvalue weighted by molar-refractivity contribution is 6.30. The lowest BCUT2D eigenvalue weighted by Gasteiger charge is -2.20. The first-order valence-electron chi connectivity index (χ1n) is 5.52. The Balaban J connectivity index is 2.75. The average molecular weight is 270 g/mol. The van der Waals surface area contributed by atoms with Crippen LogP contribution in [0.4, 0.5) is 10.5 Å². The number of urea groups is 1. The number of nitrogens with two attached hydrogens (primary N) is 1. The van der Waals surface area contributed by atoms with E-state index in [-0.39, 0.29) is 11.8 Å². The average Bonchev–Trinajstić information content (AvgIpc) is 2.25. The van der Waals surface area contributed by atoms with Gasteiger partial charge in [-0.2, -0.15) is 0 Å². The van der Waals surface area contributed by atoms with Gasteiger partial charge in [-0.05, 0) is 24.1 Å². The molecule has 6 heteroatoms. The van der Waals surface area contributed by atoms with Gasteiger partial charge in [0.25, 0.3) is 0 Å². The van der Waals surface area contributed by atoms with Crippen molar-refractivity contribution in [3.8, 4) is 0 Å². The highest BCUT2D eigenvalue weighted by Crippen LogP contribution is 2.15. The smallest absolute Gasteiger partial charge is 0.312 e. The van der Waals surface area contributed by atoms with Gasteiger partial charge >= 0.3 is 6.03 Å². The van der Waals surface area contributed by atoms with E-state index in [9.17, 15) is 9.59 Å². The molecule has 0 heterocycles. The first kappa shape index (κ1) is 14.3. The minimum Gasteiger partial charge on any atom is -0.352 e. The Bertz CT molecular complexity index is 449. The van der Waals surface area contributed by atoms with Crippen LogP contribution in [-0.4, -0.2) is 18.0 Å². The van der Waals surface area contributed by atoms with Crippen molar-refractivity contribution in [1.29, 1.82) is 0 Å². The molecule has 0 spiro atoms. The Labute approximate surface area is 111 Å². The second-order valence-corrected chi connectivity index (χ2v) is 4.67. The van der Waals surface area contributed by atoms with Gasteiger partial charge in [0.2, 0.25) is 5.91 Å². The summed E-state index contributed by atoms with van der Waals surface area (Å²) in [5, 5.41) is 5.61. The molecule has 1 aromatic rings. The molecular formula is C12H16ClN3O2. The van der Waals surface area contributed by atoms with Crippen LogP contribution in [0, 0.1) is 5.92 Å². The number of nitrogens with one attached hydrogen (secondary N) is 2. The number of rotatable bonds is 4. The fraction of sp³-hybridized carbons (Fsp3) is 0.333. The molecule has 0 aliphatic heterocycles. The van der Waals surface area contributed by atoms with E-state index in [0.29, 0.717) is 10.7 Å². The summed E-state index contributed by atoms with van der Waals surface area (Å²) in [6.07, 6.45) is 0. The zero-order valence-corrected chi connectivity index (χ0v) is 11.0. The highest BCUT2D eigenvalue weighted by Gasteiger charge is 2.23. The highest BCUT2D eigenvalue weighted by atomic mass is 35.5. The number of benzene rings is 1. The van der Waals surface area contributed by atoms with Crippen LogP contribution in [0.3, 0.4) is 0 Å². The SMILES string of the molecule is CC(C)[C@@H](NC(N)=O)C(=O)Nc1cccc(Cl)c1. The third kappa shape index (κ3) is 4.25. The summed E-state index contributed by atoms with van der Waals surface area (Å²) in [6.45, 7) is 3.64. The molecule has 0 aliphatic carbocycles. The van der Waals surface area contributed by atoms with Gasteiger partial charge in [0.05, 0.1) is 0 Å². The zero-order chi connectivity index (χ0) is 13.7. The molecule has 0 saturated heterocycles. The van der Waals surface area contributed by atoms with Crippen molar-refractivity contribution in [2.24, 2.45) is 11.7 Å². The quantitative estimate of drug-likeness (QED) is 0.781. The number of carbonyl (C=O) groups excluding carboxylic acids is 2. The van der Waals surface area contributed by atoms with Gasteiger partial charge in [-0.3, -0.25) is 4.79 Å². The van der Waals surface area contributed by atoms with Crippen molar-refractivity contribution in [2.45, 2.75) is 19.9 Å². The summed E-state index contributed by atoms with van der Waals surface area (Å²) < 4.78 is 0. The molecule has 1 aromatic carbocycles. The standard InChI is InChI=1S/C12H16ClN3O2/c1-7(2)10(16-12(14)18)11(17)15-9-5-3-4-8(13)6-9/h3-7,10H,1-2H3,(H,15,17)(H3,14,16,18)/t10-/m1/s1. The molecule has 3 amide bonds. The summed E-state index contributed by atoms with van der Waals surface area (Å²) in [4.78, 5) is 22.8. The normalized spacial score (nSPS) is 12.0. The van der Waals surface area contributed by atoms with E-state index < -0.39 is 12.1 Å². The topological polar surface area (TPSA) is 84.2 Å². The maximum atomic E-state index is 12.0. The van der Waals surface area contributed by atoms with E-state index in [0.717, 1.165) is 0 Å². The molecular weight excluding hydrogens is 254 g/mol. The number of carbonyl (C=O) groups is 2. The Morgan fingerprint density at radius 3 is 2.50 bits per heavy atom. The molecule has 1 rings (SSSR count). The molecule has 0 aliphatic rings. The van der Waals surface area contributed by atoms with Crippen LogP contribution in [0.15, 0.2) is 24.3 Å². The van der Waals surface area contributed by atoms with Gasteiger partial charge in [0, 0.05) is 10.7 Å². The van der Waals surface area contributed by atoms with Gasteiger partial charge in [0.15, 0.2) is 0 Å². The Kier molecular flexibility index (Phi) is 4.97. The fourth-order valence-electron chi connectivity index (χ4n) is 1.47. The third-order valence-electron chi connectivity index (χ3n) is 2.34. The van der Waals surface area contributed by atoms with Gasteiger partial charge < -0.3 is 16.4 Å². The number of anilines is 1. The maximum Gasteiger partial charge on any atom is 0.312 e. The van der Waals surface area contributed by atoms with Crippen LogP contribution in [0.1, 0.15) is 13.8 Å². The van der Waals surface area contributed by atoms with Crippen LogP contribution in [0.25, 0.3) is 0 Å². The summed E-state index contributed by atoms with van der Waals surface area (Å²) in [7, 11) is 0. The molecule has 0 bridgehead atoms. The van der Waals surface area contributed by atoms with Gasteiger partial charge in [-0.15, -0.1) is 0 Å². The molecule has 18 heavy (non-hydrogen) atoms. The molecule has 0 saturated carbocycles. The molecule has 0 unspecified atom stereocenters. The first-order chi connectivity index (χ1) is 8.40. The predicted octanol–water partition coefficient (Wildman–Crippen LogP) is 1.97. The molecule has 98 valence electrons. The van der Waals surface area contributed by atoms with Crippen molar-refractivity contribution in [3.63, 3.8) is 0 Å². The lowest BCUT2D eigenvalue weighted by atomic mass is 10.0. The van der Waals surface area contributed by atoms with Crippen LogP contribution in [0.5, 0.6) is 0 Å². The minimum absolute atomic E-state index is 0.0725. The van der Waals surface area contributed by atoms with Crippen molar-refractivity contribution in [3.05, 3.63) is 29.3 Å². The van der Waals surface area contributed by atoms with Crippen molar-refractivity contribution < 1.29 is 9.59 Å². The van der Waals surface area contributed by atoms with E-state index in [1.165, 1.54) is 0 Å². The molecule has 4 N–H and O–H groups in total. The summed E-state index contributed by atoms with van der Waals surface area (Å²) in [5.41, 5.74) is 5.61. The van der Waals surface area contributed by atoms with E-state index >= 15 is 0 Å². The maximum absolute atomic E-state index is 12.0. The first-order valence-corrected chi connectivity index (χ1v) is 5.90. The van der Waals surface area contributed by atoms with Crippen LogP contribution in [0.2, 0.25) is 5.02 Å². The van der Waals surface area contributed by atoms with Crippen LogP contribution < -0.4 is 16.4 Å². The Morgan fingerprint density at radius 1 is 1.33 bits per heavy atom. The number of primary amides is 1. The largest absolute Gasteiger partial charge is 0.352 e. The molecule has 0 radical (unpaired) electrons. The van der Waals surface area contributed by atoms with Gasteiger partial charge in [-0.25, -0.2) is 4.79 Å². The Morgan fingerprint density at radius 2 is 2.00 bits per heavy atom. The van der Waals surface area contributed by atoms with Crippen molar-refractivity contribution in [2.75, 3.05) is 5.32 Å². The van der Waals surface area contributed by atoms with Crippen LogP contribution in [-0.2, 0) is 4.79 Å². The lowest BCUT2D eigenvalue weighted by Crippen LogP contribution is -2.49. The molecule has 0 fully saturated rings. The summed E-state index contributed by atoms with van der Waals surface area (Å²) >= 11 is 5.81.